The second-order valence-electron chi connectivity index (χ2n) is 2.66. The molecule has 2 N–H and O–H groups in total. The van der Waals surface area contributed by atoms with E-state index in [2.05, 4.69) is 18.1 Å². The molecule has 1 aromatic rings. The van der Waals surface area contributed by atoms with Crippen molar-refractivity contribution >= 4 is 18.0 Å². The van der Waals surface area contributed by atoms with Gasteiger partial charge in [0.05, 0.1) is 6.21 Å². The number of benzene rings is 1. The number of nitrogens with zero attached hydrogens (tertiary/aromatic N) is 1. The van der Waals surface area contributed by atoms with Crippen LogP contribution in [0.25, 0.3) is 0 Å². The quantitative estimate of drug-likeness (QED) is 0.346. The number of nitrogens with two attached hydrogens (primary N) is 1. The number of hydrogen-bond acceptors (Lipinski definition) is 3. The molecule has 0 aliphatic rings. The van der Waals surface area contributed by atoms with E-state index >= 15 is 0 Å². The Balaban J connectivity index is 2.78. The van der Waals surface area contributed by atoms with Crippen LogP contribution in [0.3, 0.4) is 0 Å². The first-order valence-corrected chi connectivity index (χ1v) is 5.32. The summed E-state index contributed by atoms with van der Waals surface area (Å²) in [7, 11) is 0. The highest BCUT2D eigenvalue weighted by Crippen LogP contribution is 2.21. The van der Waals surface area contributed by atoms with Crippen LogP contribution in [-0.4, -0.2) is 12.0 Å². The van der Waals surface area contributed by atoms with E-state index in [1.54, 1.807) is 6.21 Å². The standard InChI is InChI=1S/C10H14N2S/c1-2-7-13-10-6-4-3-5-9(10)8-12-11/h3-6,8H,2,7,11H2,1H3. The van der Waals surface area contributed by atoms with E-state index in [-0.39, 0.29) is 0 Å². The fourth-order valence-corrected chi connectivity index (χ4v) is 1.90. The van der Waals surface area contributed by atoms with Crippen LogP contribution >= 0.6 is 11.8 Å². The molecule has 0 aromatic heterocycles. The van der Waals surface area contributed by atoms with Gasteiger partial charge < -0.3 is 5.84 Å². The molecule has 1 aromatic carbocycles. The summed E-state index contributed by atoms with van der Waals surface area (Å²) in [5.41, 5.74) is 1.10. The maximum atomic E-state index is 5.12. The summed E-state index contributed by atoms with van der Waals surface area (Å²) in [6, 6.07) is 8.14. The van der Waals surface area contributed by atoms with Crippen LogP contribution in [0.4, 0.5) is 0 Å². The second-order valence-corrected chi connectivity index (χ2v) is 3.80. The Kier molecular flexibility index (Phi) is 4.40. The van der Waals surface area contributed by atoms with E-state index in [1.807, 2.05) is 30.0 Å². The third-order valence-corrected chi connectivity index (χ3v) is 2.89. The zero-order chi connectivity index (χ0) is 9.52. The van der Waals surface area contributed by atoms with Crippen molar-refractivity contribution < 1.29 is 0 Å². The number of hydrogen-bond donors (Lipinski definition) is 1. The summed E-state index contributed by atoms with van der Waals surface area (Å²) in [5, 5.41) is 3.54. The van der Waals surface area contributed by atoms with Gasteiger partial charge in [0.15, 0.2) is 0 Å². The van der Waals surface area contributed by atoms with Crippen LogP contribution < -0.4 is 5.84 Å². The van der Waals surface area contributed by atoms with Crippen molar-refractivity contribution in [1.29, 1.82) is 0 Å². The zero-order valence-corrected chi connectivity index (χ0v) is 8.55. The van der Waals surface area contributed by atoms with Crippen molar-refractivity contribution in [3.8, 4) is 0 Å². The molecule has 0 heterocycles. The lowest BCUT2D eigenvalue weighted by atomic mass is 10.2. The fourth-order valence-electron chi connectivity index (χ4n) is 1.01. The van der Waals surface area contributed by atoms with E-state index in [4.69, 9.17) is 5.84 Å². The van der Waals surface area contributed by atoms with Gasteiger partial charge in [-0.3, -0.25) is 0 Å². The van der Waals surface area contributed by atoms with Crippen molar-refractivity contribution in [2.45, 2.75) is 18.2 Å². The van der Waals surface area contributed by atoms with Gasteiger partial charge in [-0.15, -0.1) is 11.8 Å². The summed E-state index contributed by atoms with van der Waals surface area (Å²) in [4.78, 5) is 1.25. The normalized spacial score (nSPS) is 10.8. The topological polar surface area (TPSA) is 38.4 Å². The van der Waals surface area contributed by atoms with E-state index < -0.39 is 0 Å². The largest absolute Gasteiger partial charge is 0.323 e. The Bertz CT molecular complexity index is 284. The maximum Gasteiger partial charge on any atom is 0.0549 e. The van der Waals surface area contributed by atoms with E-state index in [9.17, 15) is 0 Å². The molecule has 0 aliphatic carbocycles. The van der Waals surface area contributed by atoms with Crippen molar-refractivity contribution in [1.82, 2.24) is 0 Å². The molecule has 0 bridgehead atoms. The van der Waals surface area contributed by atoms with Crippen molar-refractivity contribution in [3.05, 3.63) is 29.8 Å². The lowest BCUT2D eigenvalue weighted by molar-refractivity contribution is 1.10. The predicted molar refractivity (Wildman–Crippen MR) is 59.2 cm³/mol. The Morgan fingerprint density at radius 1 is 1.46 bits per heavy atom. The number of rotatable bonds is 4. The summed E-state index contributed by atoms with van der Waals surface area (Å²) >= 11 is 1.84. The molecule has 0 aliphatic heterocycles. The molecule has 0 saturated heterocycles. The smallest absolute Gasteiger partial charge is 0.0549 e. The average Bonchev–Trinajstić information content (AvgIpc) is 2.17. The molecule has 3 heteroatoms. The third-order valence-electron chi connectivity index (χ3n) is 1.59. The van der Waals surface area contributed by atoms with Gasteiger partial charge in [-0.2, -0.15) is 5.10 Å². The van der Waals surface area contributed by atoms with Crippen molar-refractivity contribution in [2.24, 2.45) is 10.9 Å². The van der Waals surface area contributed by atoms with Crippen LogP contribution in [0.1, 0.15) is 18.9 Å². The average molecular weight is 194 g/mol. The highest BCUT2D eigenvalue weighted by molar-refractivity contribution is 7.99. The van der Waals surface area contributed by atoms with Crippen LogP contribution in [0.5, 0.6) is 0 Å². The SMILES string of the molecule is CCCSc1ccccc1C=NN. The first-order valence-electron chi connectivity index (χ1n) is 4.33. The zero-order valence-electron chi connectivity index (χ0n) is 7.73. The lowest BCUT2D eigenvalue weighted by Crippen LogP contribution is -1.89. The maximum absolute atomic E-state index is 5.12. The molecule has 70 valence electrons. The van der Waals surface area contributed by atoms with Gasteiger partial charge >= 0.3 is 0 Å². The minimum Gasteiger partial charge on any atom is -0.323 e. The molecule has 0 amide bonds. The minimum absolute atomic E-state index is 1.10. The van der Waals surface area contributed by atoms with Gasteiger partial charge in [0.25, 0.3) is 0 Å². The first-order chi connectivity index (χ1) is 6.38. The van der Waals surface area contributed by atoms with Gasteiger partial charge in [-0.05, 0) is 18.2 Å². The fraction of sp³-hybridized carbons (Fsp3) is 0.300. The van der Waals surface area contributed by atoms with Crippen LogP contribution in [-0.2, 0) is 0 Å². The Labute approximate surface area is 83.2 Å². The summed E-state index contributed by atoms with van der Waals surface area (Å²) < 4.78 is 0. The molecule has 0 atom stereocenters. The third kappa shape index (κ3) is 3.11. The van der Waals surface area contributed by atoms with Gasteiger partial charge in [-0.25, -0.2) is 0 Å². The van der Waals surface area contributed by atoms with Crippen molar-refractivity contribution in [2.75, 3.05) is 5.75 Å². The van der Waals surface area contributed by atoms with E-state index in [0.717, 1.165) is 11.3 Å². The molecule has 0 fully saturated rings. The Morgan fingerprint density at radius 3 is 2.92 bits per heavy atom. The molecule has 0 saturated carbocycles. The molecule has 0 spiro atoms. The highest BCUT2D eigenvalue weighted by atomic mass is 32.2. The number of thioether (sulfide) groups is 1. The molecule has 2 nitrogen and oxygen atoms in total. The van der Waals surface area contributed by atoms with Crippen molar-refractivity contribution in [3.63, 3.8) is 0 Å². The van der Waals surface area contributed by atoms with Crippen LogP contribution in [0, 0.1) is 0 Å². The molecular weight excluding hydrogens is 180 g/mol. The predicted octanol–water partition coefficient (Wildman–Crippen LogP) is 2.48. The molecular formula is C10H14N2S. The molecule has 0 radical (unpaired) electrons. The molecule has 0 unspecified atom stereocenters. The Hall–Kier alpha value is -0.960. The van der Waals surface area contributed by atoms with E-state index in [1.165, 1.54) is 11.3 Å². The summed E-state index contributed by atoms with van der Waals surface area (Å²) in [6.45, 7) is 2.17. The summed E-state index contributed by atoms with van der Waals surface area (Å²) in [6.07, 6.45) is 2.87. The first kappa shape index (κ1) is 10.1. The number of hydrazone groups is 1. The second kappa shape index (κ2) is 5.65. The molecule has 13 heavy (non-hydrogen) atoms. The van der Waals surface area contributed by atoms with Crippen LogP contribution in [0.2, 0.25) is 0 Å². The van der Waals surface area contributed by atoms with Gasteiger partial charge in [0.2, 0.25) is 0 Å². The van der Waals surface area contributed by atoms with E-state index in [0.29, 0.717) is 0 Å². The van der Waals surface area contributed by atoms with Crippen LogP contribution in [0.15, 0.2) is 34.3 Å². The van der Waals surface area contributed by atoms with Gasteiger partial charge in [-0.1, -0.05) is 25.1 Å². The lowest BCUT2D eigenvalue weighted by Gasteiger charge is -2.02. The van der Waals surface area contributed by atoms with Gasteiger partial charge in [0.1, 0.15) is 0 Å². The minimum atomic E-state index is 1.10. The van der Waals surface area contributed by atoms with Gasteiger partial charge in [0, 0.05) is 10.5 Å². The molecule has 1 rings (SSSR count). The highest BCUT2D eigenvalue weighted by Gasteiger charge is 1.98. The summed E-state index contributed by atoms with van der Waals surface area (Å²) in [5.74, 6) is 6.25. The Morgan fingerprint density at radius 2 is 2.23 bits per heavy atom. The monoisotopic (exact) mass is 194 g/mol.